The summed E-state index contributed by atoms with van der Waals surface area (Å²) in [4.78, 5) is 13.7. The van der Waals surface area contributed by atoms with E-state index in [0.29, 0.717) is 29.0 Å². The Morgan fingerprint density at radius 2 is 2.04 bits per heavy atom. The minimum absolute atomic E-state index is 0.0348. The van der Waals surface area contributed by atoms with Crippen LogP contribution in [0.1, 0.15) is 27.6 Å². The Balaban J connectivity index is 1.99. The molecular weight excluding hydrogens is 337 g/mol. The summed E-state index contributed by atoms with van der Waals surface area (Å²) in [5.74, 6) is -0.263. The molecule has 136 valence electrons. The molecule has 2 aromatic heterocycles. The summed E-state index contributed by atoms with van der Waals surface area (Å²) in [5.41, 5.74) is 6.71. The second-order valence-electron chi connectivity index (χ2n) is 6.40. The number of carbonyl (C=O) groups excluding carboxylic acids is 1. The van der Waals surface area contributed by atoms with Crippen molar-refractivity contribution >= 4 is 28.3 Å². The zero-order chi connectivity index (χ0) is 19.0. The van der Waals surface area contributed by atoms with Crippen molar-refractivity contribution in [2.45, 2.75) is 13.5 Å². The molecule has 3 rings (SSSR count). The Kier molecular flexibility index (Phi) is 4.56. The van der Waals surface area contributed by atoms with Crippen molar-refractivity contribution in [3.63, 3.8) is 0 Å². The van der Waals surface area contributed by atoms with Crippen LogP contribution in [0.4, 0.5) is 10.1 Å². The van der Waals surface area contributed by atoms with E-state index in [2.05, 4.69) is 11.9 Å². The molecule has 0 saturated carbocycles. The Hall–Kier alpha value is -3.06. The summed E-state index contributed by atoms with van der Waals surface area (Å²) in [6, 6.07) is 6.65. The highest BCUT2D eigenvalue weighted by molar-refractivity contribution is 6.07. The van der Waals surface area contributed by atoms with Crippen LogP contribution in [-0.2, 0) is 6.54 Å². The van der Waals surface area contributed by atoms with E-state index in [0.717, 1.165) is 5.76 Å². The fourth-order valence-electron chi connectivity index (χ4n) is 2.74. The van der Waals surface area contributed by atoms with Crippen LogP contribution in [0.25, 0.3) is 16.7 Å². The molecule has 1 amide bonds. The average molecular weight is 357 g/mol. The lowest BCUT2D eigenvalue weighted by molar-refractivity contribution is 0.0977. The van der Waals surface area contributed by atoms with Crippen LogP contribution in [0, 0.1) is 12.7 Å². The van der Waals surface area contributed by atoms with Gasteiger partial charge >= 0.3 is 0 Å². The molecule has 0 atom stereocenters. The lowest BCUT2D eigenvalue weighted by Crippen LogP contribution is -2.12. The van der Waals surface area contributed by atoms with Crippen molar-refractivity contribution in [2.24, 2.45) is 5.73 Å². The second kappa shape index (κ2) is 6.68. The first kappa shape index (κ1) is 17.8. The van der Waals surface area contributed by atoms with Crippen molar-refractivity contribution in [3.05, 3.63) is 59.5 Å². The van der Waals surface area contributed by atoms with Crippen molar-refractivity contribution < 1.29 is 18.0 Å². The van der Waals surface area contributed by atoms with Crippen LogP contribution >= 0.6 is 0 Å². The summed E-state index contributed by atoms with van der Waals surface area (Å²) in [6.45, 7) is 6.32. The minimum atomic E-state index is -0.804. The highest BCUT2D eigenvalue weighted by atomic mass is 19.1. The van der Waals surface area contributed by atoms with E-state index in [1.54, 1.807) is 19.1 Å². The van der Waals surface area contributed by atoms with Crippen LogP contribution in [-0.4, -0.2) is 24.9 Å². The SMILES string of the molecule is C=C(Nc1c(C(N)=O)oc2c(F)cc(C)cc12)c1ccc(CN(C)C)o1. The molecule has 0 aliphatic heterocycles. The lowest BCUT2D eigenvalue weighted by atomic mass is 10.1. The van der Waals surface area contributed by atoms with E-state index >= 15 is 0 Å². The van der Waals surface area contributed by atoms with Crippen LogP contribution in [0.5, 0.6) is 0 Å². The number of aryl methyl sites for hydroxylation is 1. The van der Waals surface area contributed by atoms with Gasteiger partial charge in [0.25, 0.3) is 5.91 Å². The summed E-state index contributed by atoms with van der Waals surface area (Å²) in [6.07, 6.45) is 0. The largest absolute Gasteiger partial charge is 0.458 e. The quantitative estimate of drug-likeness (QED) is 0.702. The molecule has 0 aliphatic carbocycles. The van der Waals surface area contributed by atoms with E-state index in [1.807, 2.05) is 25.1 Å². The fourth-order valence-corrected chi connectivity index (χ4v) is 2.74. The number of fused-ring (bicyclic) bond motifs is 1. The van der Waals surface area contributed by atoms with Gasteiger partial charge in [0, 0.05) is 5.39 Å². The molecule has 0 saturated heterocycles. The van der Waals surface area contributed by atoms with Gasteiger partial charge in [0.05, 0.1) is 17.9 Å². The van der Waals surface area contributed by atoms with Crippen LogP contribution in [0.15, 0.2) is 39.7 Å². The highest BCUT2D eigenvalue weighted by Crippen LogP contribution is 2.35. The number of benzene rings is 1. The normalized spacial score (nSPS) is 11.3. The molecule has 3 aromatic rings. The number of hydrogen-bond donors (Lipinski definition) is 2. The number of rotatable bonds is 6. The van der Waals surface area contributed by atoms with Gasteiger partial charge < -0.3 is 24.8 Å². The number of halogens is 1. The number of carbonyl (C=O) groups is 1. The van der Waals surface area contributed by atoms with Gasteiger partial charge in [0.1, 0.15) is 11.5 Å². The lowest BCUT2D eigenvalue weighted by Gasteiger charge is -2.08. The predicted octanol–water partition coefficient (Wildman–Crippen LogP) is 3.72. The van der Waals surface area contributed by atoms with Crippen molar-refractivity contribution in [1.29, 1.82) is 0 Å². The Bertz CT molecular complexity index is 1000. The third kappa shape index (κ3) is 3.34. The van der Waals surface area contributed by atoms with Gasteiger partial charge in [-0.05, 0) is 50.8 Å². The Labute approximate surface area is 150 Å². The number of amides is 1. The predicted molar refractivity (Wildman–Crippen MR) is 98.2 cm³/mol. The van der Waals surface area contributed by atoms with Crippen molar-refractivity contribution in [3.8, 4) is 0 Å². The number of primary amides is 1. The first-order chi connectivity index (χ1) is 12.3. The molecule has 0 radical (unpaired) electrons. The average Bonchev–Trinajstić information content (AvgIpc) is 3.12. The van der Waals surface area contributed by atoms with Gasteiger partial charge in [-0.15, -0.1) is 0 Å². The smallest absolute Gasteiger partial charge is 0.286 e. The molecule has 0 fully saturated rings. The van der Waals surface area contributed by atoms with E-state index in [-0.39, 0.29) is 17.0 Å². The first-order valence-electron chi connectivity index (χ1n) is 7.98. The monoisotopic (exact) mass is 357 g/mol. The summed E-state index contributed by atoms with van der Waals surface area (Å²) in [7, 11) is 3.87. The molecule has 0 spiro atoms. The maximum atomic E-state index is 14.2. The molecule has 26 heavy (non-hydrogen) atoms. The second-order valence-corrected chi connectivity index (χ2v) is 6.40. The third-order valence-corrected chi connectivity index (χ3v) is 3.82. The fraction of sp³-hybridized carbons (Fsp3) is 0.211. The minimum Gasteiger partial charge on any atom is -0.458 e. The molecule has 1 aromatic carbocycles. The summed E-state index contributed by atoms with van der Waals surface area (Å²) in [5, 5.41) is 3.40. The van der Waals surface area contributed by atoms with Gasteiger partial charge in [-0.25, -0.2) is 4.39 Å². The number of nitrogens with one attached hydrogen (secondary N) is 1. The molecule has 7 heteroatoms. The topological polar surface area (TPSA) is 84.6 Å². The summed E-state index contributed by atoms with van der Waals surface area (Å²) < 4.78 is 25.3. The number of hydrogen-bond acceptors (Lipinski definition) is 5. The standard InChI is InChI=1S/C19H20FN3O3/c1-10-7-13-16(18(19(21)24)26-17(13)14(20)8-10)22-11(2)15-6-5-12(25-15)9-23(3)4/h5-8,22H,2,9H2,1,3-4H3,(H2,21,24). The Morgan fingerprint density at radius 1 is 1.31 bits per heavy atom. The van der Waals surface area contributed by atoms with Gasteiger partial charge in [-0.1, -0.05) is 6.58 Å². The highest BCUT2D eigenvalue weighted by Gasteiger charge is 2.22. The van der Waals surface area contributed by atoms with Gasteiger partial charge in [0.2, 0.25) is 5.76 Å². The van der Waals surface area contributed by atoms with Gasteiger partial charge in [0.15, 0.2) is 11.4 Å². The molecule has 0 bridgehead atoms. The summed E-state index contributed by atoms with van der Waals surface area (Å²) >= 11 is 0. The van der Waals surface area contributed by atoms with E-state index in [1.165, 1.54) is 6.07 Å². The molecule has 3 N–H and O–H groups in total. The van der Waals surface area contributed by atoms with Crippen LogP contribution in [0.2, 0.25) is 0 Å². The van der Waals surface area contributed by atoms with E-state index in [9.17, 15) is 9.18 Å². The maximum Gasteiger partial charge on any atom is 0.286 e. The zero-order valence-corrected chi connectivity index (χ0v) is 14.9. The third-order valence-electron chi connectivity index (χ3n) is 3.82. The number of furan rings is 2. The van der Waals surface area contributed by atoms with Crippen molar-refractivity contribution in [1.82, 2.24) is 4.90 Å². The van der Waals surface area contributed by atoms with E-state index in [4.69, 9.17) is 14.6 Å². The maximum absolute atomic E-state index is 14.2. The van der Waals surface area contributed by atoms with Crippen molar-refractivity contribution in [2.75, 3.05) is 19.4 Å². The number of nitrogens with two attached hydrogens (primary N) is 1. The van der Waals surface area contributed by atoms with Crippen LogP contribution in [0.3, 0.4) is 0 Å². The molecule has 6 nitrogen and oxygen atoms in total. The van der Waals surface area contributed by atoms with Gasteiger partial charge in [-0.3, -0.25) is 4.79 Å². The molecule has 0 unspecified atom stereocenters. The van der Waals surface area contributed by atoms with Crippen LogP contribution < -0.4 is 11.1 Å². The molecular formula is C19H20FN3O3. The molecule has 0 aliphatic rings. The number of nitrogens with zero attached hydrogens (tertiary/aromatic N) is 1. The van der Waals surface area contributed by atoms with E-state index < -0.39 is 11.7 Å². The Morgan fingerprint density at radius 3 is 2.69 bits per heavy atom. The molecule has 2 heterocycles. The van der Waals surface area contributed by atoms with Gasteiger partial charge in [-0.2, -0.15) is 0 Å². The number of anilines is 1. The first-order valence-corrected chi connectivity index (χ1v) is 7.98. The zero-order valence-electron chi connectivity index (χ0n) is 14.9.